The van der Waals surface area contributed by atoms with Crippen LogP contribution in [0.3, 0.4) is 0 Å². The van der Waals surface area contributed by atoms with E-state index in [1.807, 2.05) is 54.6 Å². The molecule has 4 aromatic carbocycles. The van der Waals surface area contributed by atoms with E-state index in [0.29, 0.717) is 29.1 Å². The van der Waals surface area contributed by atoms with Crippen LogP contribution in [0.15, 0.2) is 95.8 Å². The molecule has 0 saturated heterocycles. The Labute approximate surface area is 167 Å². The van der Waals surface area contributed by atoms with Gasteiger partial charge < -0.3 is 9.72 Å². The molecule has 4 heteroatoms. The molecule has 1 heterocycles. The van der Waals surface area contributed by atoms with Crippen molar-refractivity contribution in [1.82, 2.24) is 9.97 Å². The zero-order chi connectivity index (χ0) is 19.6. The van der Waals surface area contributed by atoms with E-state index in [0.717, 1.165) is 11.1 Å². The third kappa shape index (κ3) is 3.36. The topological polar surface area (TPSA) is 55.0 Å². The van der Waals surface area contributed by atoms with Gasteiger partial charge in [0.25, 0.3) is 5.56 Å². The van der Waals surface area contributed by atoms with Gasteiger partial charge in [-0.05, 0) is 46.7 Å². The molecular weight excluding hydrogens is 360 g/mol. The number of nitrogens with zero attached hydrogens (tertiary/aromatic N) is 1. The van der Waals surface area contributed by atoms with Crippen LogP contribution in [0.25, 0.3) is 33.1 Å². The van der Waals surface area contributed by atoms with Crippen molar-refractivity contribution >= 4 is 21.7 Å². The Balaban J connectivity index is 1.48. The molecule has 0 aliphatic carbocycles. The number of rotatable bonds is 4. The number of aromatic nitrogens is 2. The Bertz CT molecular complexity index is 1390. The molecule has 0 saturated carbocycles. The lowest BCUT2D eigenvalue weighted by atomic mass is 10.1. The predicted molar refractivity (Wildman–Crippen MR) is 116 cm³/mol. The van der Waals surface area contributed by atoms with Gasteiger partial charge in [0.15, 0.2) is 0 Å². The number of fused-ring (bicyclic) bond motifs is 2. The number of ether oxygens (including phenoxy) is 1. The fraction of sp³-hybridized carbons (Fsp3) is 0.0400. The van der Waals surface area contributed by atoms with Crippen molar-refractivity contribution < 1.29 is 4.74 Å². The highest BCUT2D eigenvalue weighted by atomic mass is 16.5. The van der Waals surface area contributed by atoms with Gasteiger partial charge in [-0.2, -0.15) is 0 Å². The van der Waals surface area contributed by atoms with E-state index < -0.39 is 0 Å². The molecule has 0 fully saturated rings. The number of aromatic amines is 1. The highest BCUT2D eigenvalue weighted by Crippen LogP contribution is 2.28. The number of hydrogen-bond donors (Lipinski definition) is 1. The molecule has 1 N–H and O–H groups in total. The van der Waals surface area contributed by atoms with Gasteiger partial charge in [-0.1, -0.05) is 60.7 Å². The van der Waals surface area contributed by atoms with Crippen molar-refractivity contribution in [2.45, 2.75) is 6.61 Å². The quantitative estimate of drug-likeness (QED) is 0.460. The largest absolute Gasteiger partial charge is 0.488 e. The molecule has 0 aliphatic heterocycles. The van der Waals surface area contributed by atoms with E-state index in [-0.39, 0.29) is 5.56 Å². The summed E-state index contributed by atoms with van der Waals surface area (Å²) in [5.41, 5.74) is 2.35. The van der Waals surface area contributed by atoms with Gasteiger partial charge in [-0.15, -0.1) is 0 Å². The maximum atomic E-state index is 12.5. The smallest absolute Gasteiger partial charge is 0.259 e. The minimum absolute atomic E-state index is 0.157. The van der Waals surface area contributed by atoms with Crippen molar-refractivity contribution in [2.24, 2.45) is 0 Å². The summed E-state index contributed by atoms with van der Waals surface area (Å²) in [7, 11) is 0. The van der Waals surface area contributed by atoms with Gasteiger partial charge in [0.05, 0.1) is 16.5 Å². The summed E-state index contributed by atoms with van der Waals surface area (Å²) in [4.78, 5) is 20.0. The molecule has 0 bridgehead atoms. The van der Waals surface area contributed by atoms with Crippen LogP contribution in [0.5, 0.6) is 5.75 Å². The molecule has 140 valence electrons. The Kier molecular flexibility index (Phi) is 4.30. The van der Waals surface area contributed by atoms with E-state index in [9.17, 15) is 4.79 Å². The van der Waals surface area contributed by atoms with E-state index in [2.05, 4.69) is 40.3 Å². The van der Waals surface area contributed by atoms with Crippen LogP contribution >= 0.6 is 0 Å². The Morgan fingerprint density at radius 1 is 0.793 bits per heavy atom. The van der Waals surface area contributed by atoms with Crippen LogP contribution in [0.2, 0.25) is 0 Å². The first-order valence-corrected chi connectivity index (χ1v) is 9.47. The summed E-state index contributed by atoms with van der Waals surface area (Å²) in [5, 5.41) is 2.96. The second-order valence-electron chi connectivity index (χ2n) is 6.90. The second-order valence-corrected chi connectivity index (χ2v) is 6.90. The maximum absolute atomic E-state index is 12.5. The van der Waals surface area contributed by atoms with Crippen molar-refractivity contribution in [3.63, 3.8) is 0 Å². The van der Waals surface area contributed by atoms with Crippen LogP contribution in [0, 0.1) is 0 Å². The molecule has 0 aliphatic rings. The average Bonchev–Trinajstić information content (AvgIpc) is 2.78. The molecule has 0 amide bonds. The standard InChI is InChI=1S/C25H18N2O2/c28-25-20-9-3-5-11-22(20)26-24(27-25)21-10-4-6-12-23(21)29-16-17-13-14-18-7-1-2-8-19(18)15-17/h1-15H,16H2,(H,26,27,28). The molecule has 0 spiro atoms. The van der Waals surface area contributed by atoms with E-state index in [4.69, 9.17) is 4.74 Å². The molecular formula is C25H18N2O2. The maximum Gasteiger partial charge on any atom is 0.259 e. The third-order valence-electron chi connectivity index (χ3n) is 4.96. The van der Waals surface area contributed by atoms with E-state index >= 15 is 0 Å². The first-order valence-electron chi connectivity index (χ1n) is 9.47. The first kappa shape index (κ1) is 17.2. The fourth-order valence-corrected chi connectivity index (χ4v) is 3.49. The highest BCUT2D eigenvalue weighted by Gasteiger charge is 2.11. The number of benzene rings is 4. The van der Waals surface area contributed by atoms with Gasteiger partial charge >= 0.3 is 0 Å². The van der Waals surface area contributed by atoms with Crippen molar-refractivity contribution in [3.05, 3.63) is 107 Å². The molecule has 5 rings (SSSR count). The van der Waals surface area contributed by atoms with Crippen LogP contribution in [0.1, 0.15) is 5.56 Å². The minimum atomic E-state index is -0.157. The summed E-state index contributed by atoms with van der Waals surface area (Å²) < 4.78 is 6.12. The van der Waals surface area contributed by atoms with Gasteiger partial charge in [-0.3, -0.25) is 4.79 Å². The van der Waals surface area contributed by atoms with Crippen LogP contribution in [0.4, 0.5) is 0 Å². The molecule has 0 atom stereocenters. The summed E-state index contributed by atoms with van der Waals surface area (Å²) in [5.74, 6) is 1.18. The number of H-pyrrole nitrogens is 1. The first-order chi connectivity index (χ1) is 14.3. The third-order valence-corrected chi connectivity index (χ3v) is 4.96. The van der Waals surface area contributed by atoms with Crippen LogP contribution in [-0.2, 0) is 6.61 Å². The number of nitrogens with one attached hydrogen (secondary N) is 1. The van der Waals surface area contributed by atoms with Crippen LogP contribution in [-0.4, -0.2) is 9.97 Å². The predicted octanol–water partition coefficient (Wildman–Crippen LogP) is 5.32. The summed E-state index contributed by atoms with van der Waals surface area (Å²) in [6, 6.07) is 29.5. The zero-order valence-corrected chi connectivity index (χ0v) is 15.6. The fourth-order valence-electron chi connectivity index (χ4n) is 3.49. The van der Waals surface area contributed by atoms with Gasteiger partial charge in [0.1, 0.15) is 18.2 Å². The Morgan fingerprint density at radius 2 is 1.55 bits per heavy atom. The average molecular weight is 378 g/mol. The van der Waals surface area contributed by atoms with Gasteiger partial charge in [0, 0.05) is 0 Å². The lowest BCUT2D eigenvalue weighted by Crippen LogP contribution is -2.10. The minimum Gasteiger partial charge on any atom is -0.488 e. The monoisotopic (exact) mass is 378 g/mol. The number of hydrogen-bond acceptors (Lipinski definition) is 3. The lowest BCUT2D eigenvalue weighted by molar-refractivity contribution is 0.307. The van der Waals surface area contributed by atoms with Gasteiger partial charge in [-0.25, -0.2) is 4.98 Å². The van der Waals surface area contributed by atoms with E-state index in [1.54, 1.807) is 6.07 Å². The lowest BCUT2D eigenvalue weighted by Gasteiger charge is -2.12. The van der Waals surface area contributed by atoms with Crippen LogP contribution < -0.4 is 10.3 Å². The molecule has 0 radical (unpaired) electrons. The Morgan fingerprint density at radius 3 is 2.48 bits per heavy atom. The second kappa shape index (κ2) is 7.24. The van der Waals surface area contributed by atoms with Crippen molar-refractivity contribution in [1.29, 1.82) is 0 Å². The summed E-state index contributed by atoms with van der Waals surface area (Å²) in [6.07, 6.45) is 0. The molecule has 5 aromatic rings. The Hall–Kier alpha value is -3.92. The van der Waals surface area contributed by atoms with Crippen molar-refractivity contribution in [3.8, 4) is 17.1 Å². The SMILES string of the molecule is O=c1[nH]c(-c2ccccc2OCc2ccc3ccccc3c2)nc2ccccc12. The molecule has 1 aromatic heterocycles. The van der Waals surface area contributed by atoms with Gasteiger partial charge in [0.2, 0.25) is 0 Å². The van der Waals surface area contributed by atoms with E-state index in [1.165, 1.54) is 10.8 Å². The van der Waals surface area contributed by atoms with Crippen molar-refractivity contribution in [2.75, 3.05) is 0 Å². The summed E-state index contributed by atoms with van der Waals surface area (Å²) >= 11 is 0. The summed E-state index contributed by atoms with van der Waals surface area (Å²) in [6.45, 7) is 0.430. The molecule has 0 unspecified atom stereocenters. The normalized spacial score (nSPS) is 11.0. The zero-order valence-electron chi connectivity index (χ0n) is 15.6. The highest BCUT2D eigenvalue weighted by molar-refractivity contribution is 5.83. The molecule has 4 nitrogen and oxygen atoms in total. The molecule has 29 heavy (non-hydrogen) atoms. The number of para-hydroxylation sites is 2.